The lowest BCUT2D eigenvalue weighted by molar-refractivity contribution is 0.202. The molecule has 0 aliphatic carbocycles. The Hall–Kier alpha value is -3.27. The lowest BCUT2D eigenvalue weighted by Gasteiger charge is -2.31. The summed E-state index contributed by atoms with van der Waals surface area (Å²) in [4.78, 5) is 17.7. The second-order valence-corrected chi connectivity index (χ2v) is 9.13. The minimum atomic E-state index is -0.160. The van der Waals surface area contributed by atoms with Gasteiger partial charge in [0, 0.05) is 23.1 Å². The molecule has 0 saturated carbocycles. The third kappa shape index (κ3) is 5.61. The molecule has 2 amide bonds. The highest BCUT2D eigenvalue weighted by Crippen LogP contribution is 2.33. The molecule has 4 aromatic carbocycles. The first kappa shape index (κ1) is 23.9. The fraction of sp³-hybridized carbons (Fsp3) is 0.138. The highest BCUT2D eigenvalue weighted by atomic mass is 35.5. The third-order valence-corrected chi connectivity index (χ3v) is 6.54. The van der Waals surface area contributed by atoms with E-state index in [1.54, 1.807) is 4.90 Å². The van der Waals surface area contributed by atoms with Crippen LogP contribution in [0, 0.1) is 13.8 Å². The summed E-state index contributed by atoms with van der Waals surface area (Å²) in [7, 11) is 0. The Morgan fingerprint density at radius 3 is 1.44 bits per heavy atom. The normalized spacial score (nSPS) is 10.7. The highest BCUT2D eigenvalue weighted by Gasteiger charge is 2.25. The first-order chi connectivity index (χ1) is 16.4. The molecule has 0 aliphatic heterocycles. The first-order valence-electron chi connectivity index (χ1n) is 11.1. The third-order valence-electron chi connectivity index (χ3n) is 5.72. The van der Waals surface area contributed by atoms with Crippen LogP contribution in [-0.4, -0.2) is 10.9 Å². The van der Waals surface area contributed by atoms with Crippen molar-refractivity contribution in [2.75, 3.05) is 4.90 Å². The molecule has 0 unspecified atom stereocenters. The highest BCUT2D eigenvalue weighted by molar-refractivity contribution is 6.32. The van der Waals surface area contributed by atoms with Gasteiger partial charge in [0.2, 0.25) is 0 Å². The lowest BCUT2D eigenvalue weighted by Crippen LogP contribution is -2.40. The molecule has 0 heterocycles. The number of halogens is 2. The zero-order valence-electron chi connectivity index (χ0n) is 19.2. The van der Waals surface area contributed by atoms with Crippen LogP contribution >= 0.6 is 23.2 Å². The van der Waals surface area contributed by atoms with Crippen molar-refractivity contribution in [2.45, 2.75) is 26.9 Å². The number of hydrogen-bond donors (Lipinski definition) is 0. The van der Waals surface area contributed by atoms with Crippen LogP contribution in [0.1, 0.15) is 22.3 Å². The van der Waals surface area contributed by atoms with Gasteiger partial charge in [-0.1, -0.05) is 96.0 Å². The fourth-order valence-electron chi connectivity index (χ4n) is 3.75. The summed E-state index contributed by atoms with van der Waals surface area (Å²) in [6, 6.07) is 31.2. The van der Waals surface area contributed by atoms with Crippen molar-refractivity contribution in [1.82, 2.24) is 4.90 Å². The first-order valence-corrected chi connectivity index (χ1v) is 11.9. The van der Waals surface area contributed by atoms with E-state index < -0.39 is 0 Å². The van der Waals surface area contributed by atoms with Crippen LogP contribution in [0.15, 0.2) is 97.1 Å². The van der Waals surface area contributed by atoms with Gasteiger partial charge in [0.05, 0.1) is 11.4 Å². The van der Waals surface area contributed by atoms with Gasteiger partial charge in [0.15, 0.2) is 0 Å². The van der Waals surface area contributed by atoms with Crippen molar-refractivity contribution in [2.24, 2.45) is 0 Å². The molecule has 0 radical (unpaired) electrons. The number of rotatable bonds is 6. The molecular formula is C29H26Cl2N2O. The Bertz CT molecular complexity index is 1180. The largest absolute Gasteiger partial charge is 0.329 e. The van der Waals surface area contributed by atoms with E-state index in [1.807, 2.05) is 116 Å². The Morgan fingerprint density at radius 2 is 1.06 bits per heavy atom. The number of urea groups is 1. The summed E-state index contributed by atoms with van der Waals surface area (Å²) in [6.45, 7) is 4.81. The van der Waals surface area contributed by atoms with Gasteiger partial charge in [-0.25, -0.2) is 4.79 Å². The van der Waals surface area contributed by atoms with Crippen molar-refractivity contribution < 1.29 is 4.79 Å². The summed E-state index contributed by atoms with van der Waals surface area (Å²) < 4.78 is 0. The zero-order chi connectivity index (χ0) is 24.1. The Morgan fingerprint density at radius 1 is 0.647 bits per heavy atom. The molecule has 0 aromatic heterocycles. The molecule has 4 rings (SSSR count). The smallest absolute Gasteiger partial charge is 0.315 e. The maximum atomic E-state index is 14.2. The van der Waals surface area contributed by atoms with Gasteiger partial charge >= 0.3 is 6.03 Å². The van der Waals surface area contributed by atoms with Crippen molar-refractivity contribution in [3.63, 3.8) is 0 Å². The summed E-state index contributed by atoms with van der Waals surface area (Å²) in [6.07, 6.45) is 0. The van der Waals surface area contributed by atoms with Crippen molar-refractivity contribution >= 4 is 40.6 Å². The molecule has 0 bridgehead atoms. The molecular weight excluding hydrogens is 463 g/mol. The maximum absolute atomic E-state index is 14.2. The zero-order valence-corrected chi connectivity index (χ0v) is 20.7. The Labute approximate surface area is 211 Å². The Kier molecular flexibility index (Phi) is 7.56. The SMILES string of the molecule is Cc1ccc(N(C(=O)N(Cc2ccccc2)Cc2ccccc2)c2ccc(C)c(Cl)c2)cc1Cl. The van der Waals surface area contributed by atoms with Crippen LogP contribution in [0.25, 0.3) is 0 Å². The number of benzene rings is 4. The average Bonchev–Trinajstić information content (AvgIpc) is 2.84. The van der Waals surface area contributed by atoms with Crippen molar-refractivity contribution in [3.8, 4) is 0 Å². The second-order valence-electron chi connectivity index (χ2n) is 8.31. The van der Waals surface area contributed by atoms with E-state index in [4.69, 9.17) is 23.2 Å². The number of anilines is 2. The minimum Gasteiger partial charge on any atom is -0.315 e. The van der Waals surface area contributed by atoms with Crippen LogP contribution in [0.5, 0.6) is 0 Å². The lowest BCUT2D eigenvalue weighted by atomic mass is 10.1. The molecule has 0 N–H and O–H groups in total. The number of nitrogens with zero attached hydrogens (tertiary/aromatic N) is 2. The van der Waals surface area contributed by atoms with Crippen LogP contribution in [0.3, 0.4) is 0 Å². The van der Waals surface area contributed by atoms with Crippen LogP contribution in [-0.2, 0) is 13.1 Å². The van der Waals surface area contributed by atoms with E-state index in [0.717, 1.165) is 22.3 Å². The molecule has 34 heavy (non-hydrogen) atoms. The maximum Gasteiger partial charge on any atom is 0.329 e. The predicted octanol–water partition coefficient (Wildman–Crippen LogP) is 8.57. The molecule has 3 nitrogen and oxygen atoms in total. The van der Waals surface area contributed by atoms with Gasteiger partial charge < -0.3 is 4.90 Å². The fourth-order valence-corrected chi connectivity index (χ4v) is 4.10. The quantitative estimate of drug-likeness (QED) is 0.266. The molecule has 4 aromatic rings. The van der Waals surface area contributed by atoms with Crippen LogP contribution in [0.2, 0.25) is 10.0 Å². The standard InChI is InChI=1S/C29H26Cl2N2O/c1-21-13-15-25(17-27(21)30)33(26-16-14-22(2)28(31)18-26)29(34)32(19-23-9-5-3-6-10-23)20-24-11-7-4-8-12-24/h3-18H,19-20H2,1-2H3. The molecule has 172 valence electrons. The van der Waals surface area contributed by atoms with Crippen molar-refractivity contribution in [1.29, 1.82) is 0 Å². The van der Waals surface area contributed by atoms with Gasteiger partial charge in [-0.05, 0) is 60.4 Å². The van der Waals surface area contributed by atoms with Crippen molar-refractivity contribution in [3.05, 3.63) is 129 Å². The van der Waals surface area contributed by atoms with E-state index >= 15 is 0 Å². The number of aryl methyl sites for hydroxylation is 2. The Balaban J connectivity index is 1.79. The topological polar surface area (TPSA) is 23.6 Å². The molecule has 0 aliphatic rings. The number of carbonyl (C=O) groups excluding carboxylic acids is 1. The molecule has 5 heteroatoms. The van der Waals surface area contributed by atoms with E-state index in [-0.39, 0.29) is 6.03 Å². The molecule has 0 fully saturated rings. The number of carbonyl (C=O) groups is 1. The second kappa shape index (κ2) is 10.8. The summed E-state index contributed by atoms with van der Waals surface area (Å²) >= 11 is 12.9. The van der Waals surface area contributed by atoms with E-state index in [2.05, 4.69) is 0 Å². The summed E-state index contributed by atoms with van der Waals surface area (Å²) in [5.41, 5.74) is 5.37. The monoisotopic (exact) mass is 488 g/mol. The predicted molar refractivity (Wildman–Crippen MR) is 142 cm³/mol. The molecule has 0 atom stereocenters. The minimum absolute atomic E-state index is 0.160. The average molecular weight is 489 g/mol. The molecule has 0 saturated heterocycles. The molecule has 0 spiro atoms. The van der Waals surface area contributed by atoms with Crippen LogP contribution in [0.4, 0.5) is 16.2 Å². The van der Waals surface area contributed by atoms with Gasteiger partial charge in [-0.2, -0.15) is 0 Å². The summed E-state index contributed by atoms with van der Waals surface area (Å²) in [5.74, 6) is 0. The van der Waals surface area contributed by atoms with Gasteiger partial charge in [0.1, 0.15) is 0 Å². The van der Waals surface area contributed by atoms with Gasteiger partial charge in [-0.15, -0.1) is 0 Å². The van der Waals surface area contributed by atoms with E-state index in [0.29, 0.717) is 34.5 Å². The van der Waals surface area contributed by atoms with Crippen LogP contribution < -0.4 is 4.90 Å². The van der Waals surface area contributed by atoms with Gasteiger partial charge in [-0.3, -0.25) is 4.90 Å². The summed E-state index contributed by atoms with van der Waals surface area (Å²) in [5, 5.41) is 1.21. The van der Waals surface area contributed by atoms with Gasteiger partial charge in [0.25, 0.3) is 0 Å². The number of amides is 2. The van der Waals surface area contributed by atoms with E-state index in [9.17, 15) is 4.79 Å². The van der Waals surface area contributed by atoms with E-state index in [1.165, 1.54) is 0 Å². The number of hydrogen-bond acceptors (Lipinski definition) is 1.